The molecule has 0 bridgehead atoms. The smallest absolute Gasteiger partial charge is 0.388 e. The number of rotatable bonds is 5. The van der Waals surface area contributed by atoms with E-state index in [1.54, 1.807) is 7.11 Å². The highest BCUT2D eigenvalue weighted by molar-refractivity contribution is 5.50. The van der Waals surface area contributed by atoms with Gasteiger partial charge in [-0.05, 0) is 67.2 Å². The van der Waals surface area contributed by atoms with E-state index in [0.29, 0.717) is 29.7 Å². The standard InChI is InChI=1S/C28H36F3NO3/c1-16(35-4)25-24(26(34)18-10-12-19(13-11-18)28(29,30)31)22(17-8-6-5-7-9-17)23-20(32-25)14-27(2,3)15-21(23)33/h10-13,16-17,21,26,33-34H,5-9,14-15H2,1-4H3. The number of aromatic nitrogens is 1. The average Bonchev–Trinajstić information content (AvgIpc) is 2.81. The Balaban J connectivity index is 1.94. The molecule has 1 aromatic heterocycles. The number of aliphatic hydroxyl groups is 2. The SMILES string of the molecule is COC(C)c1nc2c(c(C3CCCCC3)c1C(O)c1ccc(C(F)(F)F)cc1)C(O)CC(C)(C)C2. The molecule has 2 aliphatic rings. The number of nitrogens with zero attached hydrogens (tertiary/aromatic N) is 1. The molecule has 3 atom stereocenters. The number of halogens is 3. The van der Waals surface area contributed by atoms with Crippen LogP contribution in [0.1, 0.15) is 123 Å². The van der Waals surface area contributed by atoms with E-state index in [4.69, 9.17) is 9.72 Å². The van der Waals surface area contributed by atoms with Gasteiger partial charge in [0.15, 0.2) is 0 Å². The van der Waals surface area contributed by atoms with Crippen LogP contribution < -0.4 is 0 Å². The van der Waals surface area contributed by atoms with Gasteiger partial charge in [0.2, 0.25) is 0 Å². The Morgan fingerprint density at radius 2 is 1.69 bits per heavy atom. The van der Waals surface area contributed by atoms with Gasteiger partial charge in [-0.1, -0.05) is 45.2 Å². The highest BCUT2D eigenvalue weighted by Gasteiger charge is 2.40. The first-order valence-corrected chi connectivity index (χ1v) is 12.6. The first kappa shape index (κ1) is 26.1. The summed E-state index contributed by atoms with van der Waals surface area (Å²) in [5.74, 6) is 0.151. The summed E-state index contributed by atoms with van der Waals surface area (Å²) in [5, 5.41) is 23.0. The molecule has 1 fully saturated rings. The molecule has 1 saturated carbocycles. The van der Waals surface area contributed by atoms with Crippen molar-refractivity contribution in [3.63, 3.8) is 0 Å². The van der Waals surface area contributed by atoms with Crippen LogP contribution in [0.2, 0.25) is 0 Å². The number of fused-ring (bicyclic) bond motifs is 1. The normalized spacial score (nSPS) is 22.5. The summed E-state index contributed by atoms with van der Waals surface area (Å²) in [5.41, 5.74) is 3.27. The van der Waals surface area contributed by atoms with E-state index in [0.717, 1.165) is 61.1 Å². The minimum atomic E-state index is -4.45. The van der Waals surface area contributed by atoms with Gasteiger partial charge in [-0.15, -0.1) is 0 Å². The third-order valence-electron chi connectivity index (χ3n) is 7.73. The molecule has 3 unspecified atom stereocenters. The fourth-order valence-electron chi connectivity index (χ4n) is 5.92. The third-order valence-corrected chi connectivity index (χ3v) is 7.73. The van der Waals surface area contributed by atoms with Crippen molar-refractivity contribution in [3.05, 3.63) is 63.5 Å². The van der Waals surface area contributed by atoms with Crippen LogP contribution in [-0.4, -0.2) is 22.3 Å². The fourth-order valence-corrected chi connectivity index (χ4v) is 5.92. The van der Waals surface area contributed by atoms with Crippen molar-refractivity contribution in [2.24, 2.45) is 5.41 Å². The van der Waals surface area contributed by atoms with Gasteiger partial charge < -0.3 is 14.9 Å². The summed E-state index contributed by atoms with van der Waals surface area (Å²) in [6.45, 7) is 6.10. The van der Waals surface area contributed by atoms with Crippen molar-refractivity contribution < 1.29 is 28.1 Å². The number of hydrogen-bond donors (Lipinski definition) is 2. The summed E-state index contributed by atoms with van der Waals surface area (Å²) in [4.78, 5) is 4.96. The zero-order valence-electron chi connectivity index (χ0n) is 21.0. The predicted molar refractivity (Wildman–Crippen MR) is 128 cm³/mol. The fraction of sp³-hybridized carbons (Fsp3) is 0.607. The Morgan fingerprint density at radius 1 is 1.06 bits per heavy atom. The van der Waals surface area contributed by atoms with Gasteiger partial charge in [0, 0.05) is 23.9 Å². The molecule has 2 aromatic rings. The van der Waals surface area contributed by atoms with Crippen molar-refractivity contribution in [2.75, 3.05) is 7.11 Å². The van der Waals surface area contributed by atoms with E-state index in [9.17, 15) is 23.4 Å². The lowest BCUT2D eigenvalue weighted by Gasteiger charge is -2.39. The van der Waals surface area contributed by atoms with Crippen LogP contribution in [0, 0.1) is 5.41 Å². The molecule has 2 aliphatic carbocycles. The second kappa shape index (κ2) is 9.83. The molecule has 0 radical (unpaired) electrons. The van der Waals surface area contributed by atoms with Crippen LogP contribution in [0.5, 0.6) is 0 Å². The van der Waals surface area contributed by atoms with Gasteiger partial charge in [-0.25, -0.2) is 0 Å². The lowest BCUT2D eigenvalue weighted by molar-refractivity contribution is -0.137. The van der Waals surface area contributed by atoms with Crippen molar-refractivity contribution in [3.8, 4) is 0 Å². The molecule has 0 saturated heterocycles. The Labute approximate surface area is 205 Å². The van der Waals surface area contributed by atoms with Crippen LogP contribution in [0.15, 0.2) is 24.3 Å². The molecule has 0 amide bonds. The Morgan fingerprint density at radius 3 is 2.26 bits per heavy atom. The molecule has 0 aliphatic heterocycles. The maximum absolute atomic E-state index is 13.1. The Bertz CT molecular complexity index is 1040. The van der Waals surface area contributed by atoms with E-state index in [2.05, 4.69) is 13.8 Å². The molecular formula is C28H36F3NO3. The Kier molecular flexibility index (Phi) is 7.33. The van der Waals surface area contributed by atoms with E-state index < -0.39 is 30.1 Å². The number of aliphatic hydroxyl groups excluding tert-OH is 2. The highest BCUT2D eigenvalue weighted by atomic mass is 19.4. The molecule has 1 heterocycles. The van der Waals surface area contributed by atoms with Crippen molar-refractivity contribution in [1.29, 1.82) is 0 Å². The summed E-state index contributed by atoms with van der Waals surface area (Å²) in [6.07, 6.45) is -0.290. The van der Waals surface area contributed by atoms with Crippen molar-refractivity contribution in [1.82, 2.24) is 4.98 Å². The third kappa shape index (κ3) is 5.27. The molecule has 7 heteroatoms. The van der Waals surface area contributed by atoms with E-state index in [-0.39, 0.29) is 11.3 Å². The largest absolute Gasteiger partial charge is 0.416 e. The van der Waals surface area contributed by atoms with Gasteiger partial charge >= 0.3 is 6.18 Å². The summed E-state index contributed by atoms with van der Waals surface area (Å²) >= 11 is 0. The topological polar surface area (TPSA) is 62.6 Å². The molecular weight excluding hydrogens is 455 g/mol. The second-order valence-corrected chi connectivity index (χ2v) is 11.0. The summed E-state index contributed by atoms with van der Waals surface area (Å²) < 4.78 is 45.1. The number of benzene rings is 1. The highest BCUT2D eigenvalue weighted by Crippen LogP contribution is 2.49. The van der Waals surface area contributed by atoms with Crippen molar-refractivity contribution >= 4 is 0 Å². The molecule has 192 valence electrons. The first-order valence-electron chi connectivity index (χ1n) is 12.6. The zero-order valence-corrected chi connectivity index (χ0v) is 21.0. The Hall–Kier alpha value is -1.96. The molecule has 4 nitrogen and oxygen atoms in total. The van der Waals surface area contributed by atoms with Crippen LogP contribution in [0.25, 0.3) is 0 Å². The number of pyridine rings is 1. The van der Waals surface area contributed by atoms with Gasteiger partial charge in [0.1, 0.15) is 6.10 Å². The van der Waals surface area contributed by atoms with E-state index >= 15 is 0 Å². The van der Waals surface area contributed by atoms with Crippen LogP contribution in [-0.2, 0) is 17.3 Å². The van der Waals surface area contributed by atoms with Crippen LogP contribution in [0.3, 0.4) is 0 Å². The number of methoxy groups -OCH3 is 1. The minimum absolute atomic E-state index is 0.121. The van der Waals surface area contributed by atoms with Gasteiger partial charge in [0.05, 0.1) is 23.5 Å². The van der Waals surface area contributed by atoms with Crippen LogP contribution in [0.4, 0.5) is 13.2 Å². The molecule has 35 heavy (non-hydrogen) atoms. The maximum Gasteiger partial charge on any atom is 0.416 e. The molecule has 2 N–H and O–H groups in total. The second-order valence-electron chi connectivity index (χ2n) is 11.0. The van der Waals surface area contributed by atoms with Crippen molar-refractivity contribution in [2.45, 2.75) is 96.1 Å². The van der Waals surface area contributed by atoms with E-state index in [1.165, 1.54) is 12.1 Å². The quantitative estimate of drug-likeness (QED) is 0.475. The summed E-state index contributed by atoms with van der Waals surface area (Å²) in [7, 11) is 1.58. The average molecular weight is 492 g/mol. The molecule has 1 aromatic carbocycles. The van der Waals surface area contributed by atoms with Crippen LogP contribution >= 0.6 is 0 Å². The number of hydrogen-bond acceptors (Lipinski definition) is 4. The molecule has 0 spiro atoms. The number of alkyl halides is 3. The summed E-state index contributed by atoms with van der Waals surface area (Å²) in [6, 6.07) is 4.67. The first-order chi connectivity index (χ1) is 16.4. The number of ether oxygens (including phenoxy) is 1. The minimum Gasteiger partial charge on any atom is -0.388 e. The predicted octanol–water partition coefficient (Wildman–Crippen LogP) is 6.94. The lowest BCUT2D eigenvalue weighted by Crippen LogP contribution is -2.31. The zero-order chi connectivity index (χ0) is 25.5. The van der Waals surface area contributed by atoms with E-state index in [1.807, 2.05) is 6.92 Å². The molecule has 4 rings (SSSR count). The maximum atomic E-state index is 13.1. The van der Waals surface area contributed by atoms with Gasteiger partial charge in [0.25, 0.3) is 0 Å². The van der Waals surface area contributed by atoms with Gasteiger partial charge in [-0.3, -0.25) is 4.98 Å². The lowest BCUT2D eigenvalue weighted by atomic mass is 9.69. The van der Waals surface area contributed by atoms with Gasteiger partial charge in [-0.2, -0.15) is 13.2 Å². The monoisotopic (exact) mass is 491 g/mol.